The van der Waals surface area contributed by atoms with Crippen molar-refractivity contribution in [3.05, 3.63) is 46.3 Å². The maximum Gasteiger partial charge on any atom is 0.323 e. The van der Waals surface area contributed by atoms with Crippen LogP contribution in [0.3, 0.4) is 0 Å². The lowest BCUT2D eigenvalue weighted by molar-refractivity contribution is 0.121. The van der Waals surface area contributed by atoms with Crippen LogP contribution in [0.25, 0.3) is 5.52 Å². The fraction of sp³-hybridized carbons (Fsp3) is 0.350. The number of rotatable bonds is 5. The van der Waals surface area contributed by atoms with E-state index in [9.17, 15) is 4.79 Å². The summed E-state index contributed by atoms with van der Waals surface area (Å²) in [5.41, 5.74) is 2.49. The average Bonchev–Trinajstić information content (AvgIpc) is 3.14. The van der Waals surface area contributed by atoms with Crippen LogP contribution in [-0.4, -0.2) is 54.0 Å². The van der Waals surface area contributed by atoms with E-state index in [0.29, 0.717) is 40.5 Å². The van der Waals surface area contributed by atoms with Gasteiger partial charge in [-0.25, -0.2) is 14.3 Å². The van der Waals surface area contributed by atoms with Crippen molar-refractivity contribution in [1.82, 2.24) is 14.6 Å². The number of aromatic nitrogens is 3. The zero-order chi connectivity index (χ0) is 22.0. The zero-order valence-corrected chi connectivity index (χ0v) is 18.6. The van der Waals surface area contributed by atoms with Crippen LogP contribution >= 0.6 is 23.2 Å². The molecule has 1 fully saturated rings. The van der Waals surface area contributed by atoms with Crippen LogP contribution in [-0.2, 0) is 9.47 Å². The first kappa shape index (κ1) is 21.6. The van der Waals surface area contributed by atoms with Gasteiger partial charge in [0, 0.05) is 32.0 Å². The van der Waals surface area contributed by atoms with Crippen molar-refractivity contribution in [2.24, 2.45) is 0 Å². The van der Waals surface area contributed by atoms with Gasteiger partial charge < -0.3 is 25.0 Å². The summed E-state index contributed by atoms with van der Waals surface area (Å²) in [6.45, 7) is 4.59. The van der Waals surface area contributed by atoms with Gasteiger partial charge in [0.15, 0.2) is 0 Å². The molecule has 4 heterocycles. The fourth-order valence-electron chi connectivity index (χ4n) is 3.48. The van der Waals surface area contributed by atoms with Crippen molar-refractivity contribution >= 4 is 51.9 Å². The molecule has 2 amide bonds. The number of carbonyl (C=O) groups excluding carboxylic acids is 1. The molecule has 3 aromatic heterocycles. The highest BCUT2D eigenvalue weighted by Crippen LogP contribution is 2.31. The van der Waals surface area contributed by atoms with E-state index in [1.807, 2.05) is 6.92 Å². The number of nitrogens with one attached hydrogen (secondary N) is 2. The van der Waals surface area contributed by atoms with E-state index < -0.39 is 6.03 Å². The predicted octanol–water partition coefficient (Wildman–Crippen LogP) is 4.22. The molecule has 1 aliphatic heterocycles. The Bertz CT molecular complexity index is 1100. The quantitative estimate of drug-likeness (QED) is 0.586. The number of hydrogen-bond donors (Lipinski definition) is 2. The van der Waals surface area contributed by atoms with Crippen LogP contribution in [0.1, 0.15) is 18.6 Å². The summed E-state index contributed by atoms with van der Waals surface area (Å²) in [5.74, 6) is 0.673. The summed E-state index contributed by atoms with van der Waals surface area (Å²) in [6, 6.07) is 2.99. The number of pyridine rings is 1. The molecule has 9 nitrogen and oxygen atoms in total. The molecule has 0 aromatic carbocycles. The molecule has 31 heavy (non-hydrogen) atoms. The van der Waals surface area contributed by atoms with Gasteiger partial charge in [-0.15, -0.1) is 0 Å². The minimum atomic E-state index is -0.453. The molecular weight excluding hydrogens is 443 g/mol. The number of carbonyl (C=O) groups is 1. The van der Waals surface area contributed by atoms with Crippen LogP contribution in [0.2, 0.25) is 10.0 Å². The lowest BCUT2D eigenvalue weighted by Crippen LogP contribution is -2.37. The van der Waals surface area contributed by atoms with Crippen molar-refractivity contribution in [1.29, 1.82) is 0 Å². The highest BCUT2D eigenvalue weighted by molar-refractivity contribution is 6.33. The van der Waals surface area contributed by atoms with Gasteiger partial charge in [-0.3, -0.25) is 0 Å². The Labute approximate surface area is 189 Å². The summed E-state index contributed by atoms with van der Waals surface area (Å²) < 4.78 is 12.5. The number of urea groups is 1. The number of methoxy groups -OCH3 is 1. The van der Waals surface area contributed by atoms with E-state index >= 15 is 0 Å². The number of fused-ring (bicyclic) bond motifs is 1. The Morgan fingerprint density at radius 3 is 2.71 bits per heavy atom. The number of hydrogen-bond acceptors (Lipinski definition) is 6. The number of halogens is 2. The molecule has 11 heteroatoms. The third-order valence-corrected chi connectivity index (χ3v) is 5.53. The molecule has 0 saturated carbocycles. The molecule has 1 atom stereocenters. The molecule has 1 aliphatic rings. The first-order valence-electron chi connectivity index (χ1n) is 9.72. The molecule has 2 N–H and O–H groups in total. The third-order valence-electron chi connectivity index (χ3n) is 5.04. The van der Waals surface area contributed by atoms with Gasteiger partial charge in [-0.05, 0) is 19.1 Å². The van der Waals surface area contributed by atoms with Gasteiger partial charge in [0.1, 0.15) is 5.82 Å². The number of anilines is 3. The van der Waals surface area contributed by atoms with Crippen molar-refractivity contribution in [2.75, 3.05) is 48.9 Å². The Hall–Kier alpha value is -2.59. The maximum absolute atomic E-state index is 12.7. The smallest absolute Gasteiger partial charge is 0.323 e. The maximum atomic E-state index is 12.7. The standard InChI is InChI=1S/C20H22Cl2N6O3/c1-12(30-2)18-16(10-24-28-11-13(21)7-17(18)28)26-20(29)25-14-8-15(22)19(23-9-14)27-3-5-31-6-4-27/h7-12H,3-6H2,1-2H3,(H2,25,26,29)/t12-/m0/s1. The molecule has 3 aromatic rings. The van der Waals surface area contributed by atoms with Crippen LogP contribution in [0.5, 0.6) is 0 Å². The predicted molar refractivity (Wildman–Crippen MR) is 121 cm³/mol. The molecule has 164 valence electrons. The van der Waals surface area contributed by atoms with Crippen LogP contribution in [0.15, 0.2) is 30.7 Å². The Morgan fingerprint density at radius 2 is 2.00 bits per heavy atom. The van der Waals surface area contributed by atoms with Crippen molar-refractivity contribution in [3.8, 4) is 0 Å². The Kier molecular flexibility index (Phi) is 6.47. The van der Waals surface area contributed by atoms with Crippen molar-refractivity contribution in [3.63, 3.8) is 0 Å². The number of morpholine rings is 1. The summed E-state index contributed by atoms with van der Waals surface area (Å²) in [5, 5.41) is 10.9. The monoisotopic (exact) mass is 464 g/mol. The lowest BCUT2D eigenvalue weighted by atomic mass is 10.1. The molecule has 4 rings (SSSR count). The highest BCUT2D eigenvalue weighted by atomic mass is 35.5. The van der Waals surface area contributed by atoms with Gasteiger partial charge in [0.25, 0.3) is 0 Å². The van der Waals surface area contributed by atoms with E-state index in [2.05, 4.69) is 25.6 Å². The van der Waals surface area contributed by atoms with E-state index in [1.165, 1.54) is 0 Å². The largest absolute Gasteiger partial charge is 0.378 e. The second-order valence-corrected chi connectivity index (χ2v) is 7.89. The van der Waals surface area contributed by atoms with E-state index in [-0.39, 0.29) is 6.10 Å². The van der Waals surface area contributed by atoms with Gasteiger partial charge in [-0.1, -0.05) is 23.2 Å². The molecule has 0 radical (unpaired) electrons. The second kappa shape index (κ2) is 9.27. The summed E-state index contributed by atoms with van der Waals surface area (Å²) in [7, 11) is 1.60. The Morgan fingerprint density at radius 1 is 1.23 bits per heavy atom. The summed E-state index contributed by atoms with van der Waals surface area (Å²) in [6.07, 6.45) is 4.52. The first-order chi connectivity index (χ1) is 15.0. The molecule has 0 aliphatic carbocycles. The molecule has 1 saturated heterocycles. The highest BCUT2D eigenvalue weighted by Gasteiger charge is 2.19. The summed E-state index contributed by atoms with van der Waals surface area (Å²) in [4.78, 5) is 19.1. The van der Waals surface area contributed by atoms with Crippen LogP contribution < -0.4 is 15.5 Å². The third kappa shape index (κ3) is 4.69. The second-order valence-electron chi connectivity index (χ2n) is 7.05. The van der Waals surface area contributed by atoms with Gasteiger partial charge in [-0.2, -0.15) is 5.10 Å². The zero-order valence-electron chi connectivity index (χ0n) is 17.1. The normalized spacial score (nSPS) is 15.2. The molecule has 0 unspecified atom stereocenters. The van der Waals surface area contributed by atoms with Crippen molar-refractivity contribution in [2.45, 2.75) is 13.0 Å². The van der Waals surface area contributed by atoms with Crippen molar-refractivity contribution < 1.29 is 14.3 Å². The molecule has 0 bridgehead atoms. The first-order valence-corrected chi connectivity index (χ1v) is 10.5. The van der Waals surface area contributed by atoms with Crippen LogP contribution in [0.4, 0.5) is 22.0 Å². The lowest BCUT2D eigenvalue weighted by Gasteiger charge is -2.28. The van der Waals surface area contributed by atoms with Gasteiger partial charge in [0.2, 0.25) is 0 Å². The number of amides is 2. The number of ether oxygens (including phenoxy) is 2. The van der Waals surface area contributed by atoms with Gasteiger partial charge >= 0.3 is 6.03 Å². The van der Waals surface area contributed by atoms with E-state index in [0.717, 1.165) is 24.2 Å². The van der Waals surface area contributed by atoms with E-state index in [1.54, 1.807) is 42.3 Å². The molecular formula is C20H22Cl2N6O3. The Balaban J connectivity index is 1.52. The molecule has 0 spiro atoms. The van der Waals surface area contributed by atoms with Gasteiger partial charge in [0.05, 0.1) is 58.6 Å². The van der Waals surface area contributed by atoms with E-state index in [4.69, 9.17) is 32.7 Å². The minimum absolute atomic E-state index is 0.296. The van der Waals surface area contributed by atoms with Crippen LogP contribution in [0, 0.1) is 0 Å². The summed E-state index contributed by atoms with van der Waals surface area (Å²) >= 11 is 12.5. The minimum Gasteiger partial charge on any atom is -0.378 e. The fourth-order valence-corrected chi connectivity index (χ4v) is 3.96. The average molecular weight is 465 g/mol. The number of nitrogens with zero attached hydrogens (tertiary/aromatic N) is 4. The SMILES string of the molecule is CO[C@@H](C)c1c(NC(=O)Nc2cnc(N3CCOCC3)c(Cl)c2)cnn2cc(Cl)cc12. The topological polar surface area (TPSA) is 93.0 Å².